The summed E-state index contributed by atoms with van der Waals surface area (Å²) in [6.45, 7) is 2.09. The fourth-order valence-electron chi connectivity index (χ4n) is 2.78. The van der Waals surface area contributed by atoms with Crippen molar-refractivity contribution in [3.05, 3.63) is 29.0 Å². The molecule has 1 aliphatic rings. The van der Waals surface area contributed by atoms with Crippen molar-refractivity contribution in [3.63, 3.8) is 0 Å². The third-order valence-corrected chi connectivity index (χ3v) is 4.15. The van der Waals surface area contributed by atoms with Gasteiger partial charge in [-0.25, -0.2) is 0 Å². The second-order valence-corrected chi connectivity index (χ2v) is 5.61. The van der Waals surface area contributed by atoms with E-state index in [0.29, 0.717) is 18.8 Å². The highest BCUT2D eigenvalue weighted by Crippen LogP contribution is 2.24. The normalized spacial score (nSPS) is 20.5. The number of imidazole rings is 1. The Balaban J connectivity index is 2.02. The minimum atomic E-state index is -2.63. The molecule has 1 fully saturated rings. The molecule has 7 heteroatoms. The summed E-state index contributed by atoms with van der Waals surface area (Å²) in [6, 6.07) is 7.09. The number of alkyl halides is 2. The van der Waals surface area contributed by atoms with Gasteiger partial charge in [-0.3, -0.25) is 9.47 Å². The van der Waals surface area contributed by atoms with Crippen LogP contribution in [0.1, 0.15) is 13.5 Å². The van der Waals surface area contributed by atoms with Crippen molar-refractivity contribution in [2.75, 3.05) is 19.7 Å². The van der Waals surface area contributed by atoms with Gasteiger partial charge in [0.1, 0.15) is 0 Å². The van der Waals surface area contributed by atoms with Gasteiger partial charge in [-0.15, -0.1) is 0 Å². The Hall–Kier alpha value is -1.31. The number of hydrogen-bond donors (Lipinski definition) is 0. The van der Waals surface area contributed by atoms with E-state index in [0.717, 1.165) is 23.2 Å². The quantitative estimate of drug-likeness (QED) is 0.812. The van der Waals surface area contributed by atoms with Gasteiger partial charge < -0.3 is 9.30 Å². The van der Waals surface area contributed by atoms with Crippen LogP contribution in [0.5, 0.6) is 0 Å². The summed E-state index contributed by atoms with van der Waals surface area (Å²) in [4.78, 5) is 2.17. The summed E-state index contributed by atoms with van der Waals surface area (Å²) in [7, 11) is 0. The molecule has 1 saturated heterocycles. The van der Waals surface area contributed by atoms with Crippen LogP contribution >= 0.6 is 12.2 Å². The Labute approximate surface area is 126 Å². The van der Waals surface area contributed by atoms with Crippen LogP contribution in [-0.4, -0.2) is 39.8 Å². The highest BCUT2D eigenvalue weighted by atomic mass is 32.1. The number of hydrogen-bond acceptors (Lipinski definition) is 3. The fourth-order valence-corrected chi connectivity index (χ4v) is 3.11. The highest BCUT2D eigenvalue weighted by Gasteiger charge is 2.21. The SMILES string of the molecule is CC1CN(Cn2c(=S)n(C(F)F)c3ccccc32)CCO1. The smallest absolute Gasteiger partial charge is 0.321 e. The predicted octanol–water partition coefficient (Wildman–Crippen LogP) is 3.25. The minimum absolute atomic E-state index is 0.149. The van der Waals surface area contributed by atoms with Crippen LogP contribution < -0.4 is 0 Å². The molecule has 114 valence electrons. The Bertz CT molecular complexity index is 697. The summed E-state index contributed by atoms with van der Waals surface area (Å²) >= 11 is 5.26. The van der Waals surface area contributed by atoms with E-state index in [1.165, 1.54) is 0 Å². The lowest BCUT2D eigenvalue weighted by Gasteiger charge is -2.31. The first-order chi connectivity index (χ1) is 10.1. The van der Waals surface area contributed by atoms with Crippen LogP contribution in [0.25, 0.3) is 11.0 Å². The maximum atomic E-state index is 13.3. The zero-order valence-electron chi connectivity index (χ0n) is 11.7. The number of ether oxygens (including phenoxy) is 1. The number of rotatable bonds is 3. The van der Waals surface area contributed by atoms with E-state index >= 15 is 0 Å². The van der Waals surface area contributed by atoms with Crippen LogP contribution in [0.3, 0.4) is 0 Å². The van der Waals surface area contributed by atoms with Crippen LogP contribution in [0.15, 0.2) is 24.3 Å². The molecule has 4 nitrogen and oxygen atoms in total. The number of benzene rings is 1. The molecule has 21 heavy (non-hydrogen) atoms. The molecule has 0 radical (unpaired) electrons. The van der Waals surface area contributed by atoms with Gasteiger partial charge in [-0.2, -0.15) is 8.78 Å². The third kappa shape index (κ3) is 2.73. The molecule has 1 atom stereocenters. The molecular weight excluding hydrogens is 296 g/mol. The number of nitrogens with zero attached hydrogens (tertiary/aromatic N) is 3. The van der Waals surface area contributed by atoms with Crippen molar-refractivity contribution in [2.45, 2.75) is 26.2 Å². The third-order valence-electron chi connectivity index (χ3n) is 3.73. The van der Waals surface area contributed by atoms with E-state index in [4.69, 9.17) is 17.0 Å². The molecule has 0 aliphatic carbocycles. The standard InChI is InChI=1S/C14H17F2N3OS/c1-10-8-17(6-7-20-10)9-18-11-4-2-3-5-12(11)19(13(15)16)14(18)21/h2-5,10,13H,6-9H2,1H3. The van der Waals surface area contributed by atoms with Crippen molar-refractivity contribution in [1.29, 1.82) is 0 Å². The number of morpholine rings is 1. The van der Waals surface area contributed by atoms with Gasteiger partial charge in [0.15, 0.2) is 4.77 Å². The first kappa shape index (κ1) is 14.6. The average Bonchev–Trinajstić information content (AvgIpc) is 2.72. The van der Waals surface area contributed by atoms with Crippen molar-refractivity contribution in [3.8, 4) is 0 Å². The largest absolute Gasteiger partial charge is 0.376 e. The van der Waals surface area contributed by atoms with E-state index in [-0.39, 0.29) is 10.9 Å². The van der Waals surface area contributed by atoms with Gasteiger partial charge in [-0.1, -0.05) is 12.1 Å². The molecule has 1 aliphatic heterocycles. The Morgan fingerprint density at radius 1 is 1.33 bits per heavy atom. The Morgan fingerprint density at radius 3 is 2.71 bits per heavy atom. The van der Waals surface area contributed by atoms with Crippen LogP contribution in [0, 0.1) is 4.77 Å². The van der Waals surface area contributed by atoms with Crippen LogP contribution in [-0.2, 0) is 11.4 Å². The highest BCUT2D eigenvalue weighted by molar-refractivity contribution is 7.71. The van der Waals surface area contributed by atoms with E-state index in [1.54, 1.807) is 16.7 Å². The maximum absolute atomic E-state index is 13.3. The molecular formula is C14H17F2N3OS. The van der Waals surface area contributed by atoms with E-state index in [9.17, 15) is 8.78 Å². The molecule has 2 heterocycles. The van der Waals surface area contributed by atoms with Crippen LogP contribution in [0.2, 0.25) is 0 Å². The van der Waals surface area contributed by atoms with Gasteiger partial charge in [0.05, 0.1) is 30.4 Å². The molecule has 1 aromatic carbocycles. The summed E-state index contributed by atoms with van der Waals surface area (Å²) in [5.74, 6) is 0. The van der Waals surface area contributed by atoms with Gasteiger partial charge in [0, 0.05) is 13.1 Å². The van der Waals surface area contributed by atoms with Crippen LogP contribution in [0.4, 0.5) is 8.78 Å². The summed E-state index contributed by atoms with van der Waals surface area (Å²) in [5.41, 5.74) is 1.21. The first-order valence-electron chi connectivity index (χ1n) is 6.90. The number of aromatic nitrogens is 2. The first-order valence-corrected chi connectivity index (χ1v) is 7.30. The fraction of sp³-hybridized carbons (Fsp3) is 0.500. The summed E-state index contributed by atoms with van der Waals surface area (Å²) in [6.07, 6.45) is 0.149. The summed E-state index contributed by atoms with van der Waals surface area (Å²) in [5, 5.41) is 0. The average molecular weight is 313 g/mol. The molecule has 1 aromatic heterocycles. The lowest BCUT2D eigenvalue weighted by atomic mass is 10.3. The van der Waals surface area contributed by atoms with Gasteiger partial charge >= 0.3 is 6.55 Å². The van der Waals surface area contributed by atoms with E-state index in [1.807, 2.05) is 19.1 Å². The molecule has 0 bridgehead atoms. The zero-order valence-corrected chi connectivity index (χ0v) is 12.5. The van der Waals surface area contributed by atoms with E-state index < -0.39 is 6.55 Å². The van der Waals surface area contributed by atoms with Crippen molar-refractivity contribution < 1.29 is 13.5 Å². The monoisotopic (exact) mass is 313 g/mol. The Kier molecular flexibility index (Phi) is 4.05. The molecule has 2 aromatic rings. The molecule has 1 unspecified atom stereocenters. The Morgan fingerprint density at radius 2 is 2.05 bits per heavy atom. The number of halogens is 2. The number of para-hydroxylation sites is 2. The lowest BCUT2D eigenvalue weighted by molar-refractivity contribution is -0.0290. The van der Waals surface area contributed by atoms with Gasteiger partial charge in [-0.05, 0) is 31.3 Å². The lowest BCUT2D eigenvalue weighted by Crippen LogP contribution is -2.41. The second kappa shape index (κ2) is 5.82. The minimum Gasteiger partial charge on any atom is -0.376 e. The zero-order chi connectivity index (χ0) is 15.0. The van der Waals surface area contributed by atoms with Crippen molar-refractivity contribution in [2.24, 2.45) is 0 Å². The topological polar surface area (TPSA) is 22.3 Å². The molecule has 0 spiro atoms. The predicted molar refractivity (Wildman–Crippen MR) is 79.0 cm³/mol. The van der Waals surface area contributed by atoms with Gasteiger partial charge in [0.25, 0.3) is 0 Å². The molecule has 0 saturated carbocycles. The maximum Gasteiger partial charge on any atom is 0.321 e. The second-order valence-electron chi connectivity index (χ2n) is 5.25. The molecule has 0 N–H and O–H groups in total. The number of fused-ring (bicyclic) bond motifs is 1. The summed E-state index contributed by atoms with van der Waals surface area (Å²) < 4.78 is 34.9. The molecule has 3 rings (SSSR count). The molecule has 0 amide bonds. The van der Waals surface area contributed by atoms with E-state index in [2.05, 4.69) is 4.90 Å². The van der Waals surface area contributed by atoms with Crippen molar-refractivity contribution in [1.82, 2.24) is 14.0 Å². The van der Waals surface area contributed by atoms with Gasteiger partial charge in [0.2, 0.25) is 0 Å². The van der Waals surface area contributed by atoms with Crippen molar-refractivity contribution >= 4 is 23.3 Å².